The van der Waals surface area contributed by atoms with Gasteiger partial charge in [0.15, 0.2) is 0 Å². The number of ether oxygens (including phenoxy) is 1. The van der Waals surface area contributed by atoms with Crippen LogP contribution in [-0.4, -0.2) is 22.6 Å². The lowest BCUT2D eigenvalue weighted by Gasteiger charge is -2.59. The van der Waals surface area contributed by atoms with Gasteiger partial charge in [0.05, 0.1) is 11.3 Å². The van der Waals surface area contributed by atoms with Crippen molar-refractivity contribution in [1.29, 1.82) is 0 Å². The highest BCUT2D eigenvalue weighted by molar-refractivity contribution is 5.76. The molecule has 0 aliphatic heterocycles. The van der Waals surface area contributed by atoms with Crippen LogP contribution in [0.5, 0.6) is 0 Å². The topological polar surface area (TPSA) is 63.6 Å². The molecule has 0 aromatic heterocycles. The molecule has 2 atom stereocenters. The molecule has 4 fully saturated rings. The fourth-order valence-electron chi connectivity index (χ4n) is 4.88. The summed E-state index contributed by atoms with van der Waals surface area (Å²) in [6.45, 7) is 3.66. The van der Waals surface area contributed by atoms with Crippen LogP contribution in [0.3, 0.4) is 0 Å². The van der Waals surface area contributed by atoms with Crippen LogP contribution in [0.1, 0.15) is 52.4 Å². The Labute approximate surface area is 113 Å². The average Bonchev–Trinajstić information content (AvgIpc) is 2.25. The molecule has 0 amide bonds. The van der Waals surface area contributed by atoms with E-state index in [1.807, 2.05) is 13.8 Å². The molecule has 4 aliphatic carbocycles. The highest BCUT2D eigenvalue weighted by Gasteiger charge is 2.62. The molecule has 4 bridgehead atoms. The highest BCUT2D eigenvalue weighted by Crippen LogP contribution is 2.62. The first-order valence-corrected chi connectivity index (χ1v) is 7.30. The zero-order valence-electron chi connectivity index (χ0n) is 11.6. The molecule has 0 heterocycles. The average molecular weight is 266 g/mol. The van der Waals surface area contributed by atoms with Crippen molar-refractivity contribution in [3.8, 4) is 0 Å². The Balaban J connectivity index is 1.87. The van der Waals surface area contributed by atoms with Crippen LogP contribution in [0, 0.1) is 23.2 Å². The first kappa shape index (κ1) is 12.9. The standard InChI is InChI=1S/C15H22O4/c1-9(2)12(16)19-15-6-10-3-11(7-15)5-14(4-10,8-15)13(17)18/h9-11H,3-8H2,1-2H3,(H,17,18). The summed E-state index contributed by atoms with van der Waals surface area (Å²) in [7, 11) is 0. The van der Waals surface area contributed by atoms with Crippen LogP contribution in [0.4, 0.5) is 0 Å². The molecule has 106 valence electrons. The van der Waals surface area contributed by atoms with E-state index in [1.54, 1.807) is 0 Å². The first-order valence-electron chi connectivity index (χ1n) is 7.30. The largest absolute Gasteiger partial charge is 0.481 e. The number of carboxylic acids is 1. The van der Waals surface area contributed by atoms with Crippen LogP contribution in [-0.2, 0) is 14.3 Å². The fraction of sp³-hybridized carbons (Fsp3) is 0.867. The molecule has 0 saturated heterocycles. The van der Waals surface area contributed by atoms with Crippen molar-refractivity contribution in [3.05, 3.63) is 0 Å². The van der Waals surface area contributed by atoms with Gasteiger partial charge in [-0.1, -0.05) is 13.8 Å². The van der Waals surface area contributed by atoms with Crippen molar-refractivity contribution in [3.63, 3.8) is 0 Å². The second-order valence-electron chi connectivity index (χ2n) is 7.31. The molecular formula is C15H22O4. The van der Waals surface area contributed by atoms with E-state index in [1.165, 1.54) is 0 Å². The van der Waals surface area contributed by atoms with E-state index >= 15 is 0 Å². The van der Waals surface area contributed by atoms with Gasteiger partial charge in [-0.25, -0.2) is 0 Å². The van der Waals surface area contributed by atoms with E-state index in [9.17, 15) is 14.7 Å². The molecule has 4 rings (SSSR count). The molecule has 19 heavy (non-hydrogen) atoms. The van der Waals surface area contributed by atoms with Gasteiger partial charge in [0.25, 0.3) is 0 Å². The van der Waals surface area contributed by atoms with Gasteiger partial charge in [-0.15, -0.1) is 0 Å². The summed E-state index contributed by atoms with van der Waals surface area (Å²) in [5.74, 6) is -0.155. The number of carbonyl (C=O) groups is 2. The van der Waals surface area contributed by atoms with Gasteiger partial charge in [-0.2, -0.15) is 0 Å². The molecular weight excluding hydrogens is 244 g/mol. The fourth-order valence-corrected chi connectivity index (χ4v) is 4.88. The van der Waals surface area contributed by atoms with Gasteiger partial charge < -0.3 is 9.84 Å². The lowest BCUT2D eigenvalue weighted by atomic mass is 9.48. The van der Waals surface area contributed by atoms with Crippen molar-refractivity contribution in [1.82, 2.24) is 0 Å². The summed E-state index contributed by atoms with van der Waals surface area (Å²) in [6, 6.07) is 0. The maximum absolute atomic E-state index is 11.9. The van der Waals surface area contributed by atoms with E-state index in [4.69, 9.17) is 4.74 Å². The zero-order valence-corrected chi connectivity index (χ0v) is 11.6. The second-order valence-corrected chi connectivity index (χ2v) is 7.31. The summed E-state index contributed by atoms with van der Waals surface area (Å²) in [6.07, 6.45) is 4.95. The normalized spacial score (nSPS) is 43.5. The number of aliphatic carboxylic acids is 1. The van der Waals surface area contributed by atoms with E-state index in [0.717, 1.165) is 32.1 Å². The number of carboxylic acid groups (broad SMARTS) is 1. The predicted octanol–water partition coefficient (Wildman–Crippen LogP) is 2.61. The number of hydrogen-bond acceptors (Lipinski definition) is 3. The third-order valence-corrected chi connectivity index (χ3v) is 5.25. The third kappa shape index (κ3) is 1.96. The molecule has 4 nitrogen and oxygen atoms in total. The van der Waals surface area contributed by atoms with Crippen molar-refractivity contribution in [2.24, 2.45) is 23.2 Å². The SMILES string of the molecule is CC(C)C(=O)OC12CC3CC(C1)CC(C(=O)O)(C3)C2. The number of esters is 1. The van der Waals surface area contributed by atoms with Crippen LogP contribution < -0.4 is 0 Å². The van der Waals surface area contributed by atoms with Crippen molar-refractivity contribution >= 4 is 11.9 Å². The Morgan fingerprint density at radius 1 is 1.16 bits per heavy atom. The molecule has 4 saturated carbocycles. The molecule has 0 aromatic carbocycles. The monoisotopic (exact) mass is 266 g/mol. The second kappa shape index (κ2) is 3.97. The molecule has 2 unspecified atom stereocenters. The summed E-state index contributed by atoms with van der Waals surface area (Å²) >= 11 is 0. The molecule has 0 spiro atoms. The molecule has 4 heteroatoms. The first-order chi connectivity index (χ1) is 8.84. The Hall–Kier alpha value is -1.06. The quantitative estimate of drug-likeness (QED) is 0.797. The van der Waals surface area contributed by atoms with E-state index in [2.05, 4.69) is 0 Å². The summed E-state index contributed by atoms with van der Waals surface area (Å²) in [5.41, 5.74) is -1.11. The Morgan fingerprint density at radius 2 is 1.74 bits per heavy atom. The van der Waals surface area contributed by atoms with Crippen LogP contribution in [0.25, 0.3) is 0 Å². The maximum Gasteiger partial charge on any atom is 0.309 e. The minimum atomic E-state index is -0.688. The minimum Gasteiger partial charge on any atom is -0.481 e. The van der Waals surface area contributed by atoms with Gasteiger partial charge in [-0.3, -0.25) is 9.59 Å². The van der Waals surface area contributed by atoms with Crippen molar-refractivity contribution < 1.29 is 19.4 Å². The van der Waals surface area contributed by atoms with Gasteiger partial charge in [0.2, 0.25) is 0 Å². The summed E-state index contributed by atoms with van der Waals surface area (Å²) in [5, 5.41) is 9.60. The number of rotatable bonds is 3. The Bertz CT molecular complexity index is 412. The van der Waals surface area contributed by atoms with Crippen molar-refractivity contribution in [2.75, 3.05) is 0 Å². The van der Waals surface area contributed by atoms with E-state index < -0.39 is 17.0 Å². The van der Waals surface area contributed by atoms with Gasteiger partial charge in [-0.05, 0) is 43.9 Å². The minimum absolute atomic E-state index is 0.145. The summed E-state index contributed by atoms with van der Waals surface area (Å²) in [4.78, 5) is 23.6. The van der Waals surface area contributed by atoms with Crippen LogP contribution in [0.2, 0.25) is 0 Å². The smallest absolute Gasteiger partial charge is 0.309 e. The predicted molar refractivity (Wildman–Crippen MR) is 68.4 cm³/mol. The van der Waals surface area contributed by atoms with Crippen LogP contribution in [0.15, 0.2) is 0 Å². The molecule has 1 N–H and O–H groups in total. The van der Waals surface area contributed by atoms with Gasteiger partial charge >= 0.3 is 11.9 Å². The Morgan fingerprint density at radius 3 is 2.21 bits per heavy atom. The van der Waals surface area contributed by atoms with E-state index in [0.29, 0.717) is 18.3 Å². The highest BCUT2D eigenvalue weighted by atomic mass is 16.6. The lowest BCUT2D eigenvalue weighted by molar-refractivity contribution is -0.212. The summed E-state index contributed by atoms with van der Waals surface area (Å²) < 4.78 is 5.78. The molecule has 0 radical (unpaired) electrons. The molecule has 4 aliphatic rings. The van der Waals surface area contributed by atoms with Gasteiger partial charge in [0.1, 0.15) is 5.60 Å². The number of hydrogen-bond donors (Lipinski definition) is 1. The van der Waals surface area contributed by atoms with Crippen LogP contribution >= 0.6 is 0 Å². The number of carbonyl (C=O) groups excluding carboxylic acids is 1. The molecule has 0 aromatic rings. The third-order valence-electron chi connectivity index (χ3n) is 5.25. The van der Waals surface area contributed by atoms with Gasteiger partial charge in [0, 0.05) is 6.42 Å². The zero-order chi connectivity index (χ0) is 13.8. The maximum atomic E-state index is 11.9. The van der Waals surface area contributed by atoms with Crippen molar-refractivity contribution in [2.45, 2.75) is 58.0 Å². The lowest BCUT2D eigenvalue weighted by Crippen LogP contribution is -2.59. The Kier molecular flexibility index (Phi) is 2.70. The van der Waals surface area contributed by atoms with E-state index in [-0.39, 0.29) is 11.9 Å².